The Morgan fingerprint density at radius 3 is 2.59 bits per heavy atom. The molecule has 1 atom stereocenters. The van der Waals surface area contributed by atoms with Crippen LogP contribution < -0.4 is 19.6 Å². The Balaban J connectivity index is 2.00. The number of fused-ring (bicyclic) bond motifs is 1. The summed E-state index contributed by atoms with van der Waals surface area (Å²) in [5.41, 5.74) is 1.87. The molecule has 0 unspecified atom stereocenters. The standard InChI is InChI=1S/C24H22N2O5S/c1-4-16-19(23(29)31-3)20(14-9-6-5-7-10-14)26-22(28)18(32-24(26)25-16)13-15-11-8-12-17(30-2)21(15)27/h5-13,20,27H,4H2,1-3H3/b18-13+/t20-/m1/s1. The maximum atomic E-state index is 13.5. The van der Waals surface area contributed by atoms with E-state index in [1.165, 1.54) is 30.1 Å². The minimum absolute atomic E-state index is 0.0510. The van der Waals surface area contributed by atoms with Gasteiger partial charge in [0.2, 0.25) is 0 Å². The molecule has 164 valence electrons. The fourth-order valence-electron chi connectivity index (χ4n) is 3.78. The molecule has 0 saturated carbocycles. The molecule has 4 rings (SSSR count). The first-order valence-corrected chi connectivity index (χ1v) is 10.9. The van der Waals surface area contributed by atoms with Gasteiger partial charge in [0.1, 0.15) is 0 Å². The van der Waals surface area contributed by atoms with Gasteiger partial charge in [-0.3, -0.25) is 9.36 Å². The van der Waals surface area contributed by atoms with Crippen LogP contribution in [0.4, 0.5) is 0 Å². The summed E-state index contributed by atoms with van der Waals surface area (Å²) in [6, 6.07) is 13.8. The van der Waals surface area contributed by atoms with Crippen LogP contribution in [-0.2, 0) is 9.53 Å². The van der Waals surface area contributed by atoms with E-state index in [2.05, 4.69) is 4.99 Å². The van der Waals surface area contributed by atoms with Crippen LogP contribution in [0.5, 0.6) is 11.5 Å². The molecule has 1 N–H and O–H groups in total. The van der Waals surface area contributed by atoms with Gasteiger partial charge >= 0.3 is 5.97 Å². The van der Waals surface area contributed by atoms with E-state index in [0.717, 1.165) is 5.56 Å². The smallest absolute Gasteiger partial charge is 0.338 e. The Bertz CT molecular complexity index is 1390. The molecule has 0 fully saturated rings. The van der Waals surface area contributed by atoms with Gasteiger partial charge in [0.05, 0.1) is 36.1 Å². The van der Waals surface area contributed by atoms with Crippen molar-refractivity contribution >= 4 is 23.4 Å². The maximum absolute atomic E-state index is 13.5. The lowest BCUT2D eigenvalue weighted by molar-refractivity contribution is -0.136. The number of aromatic nitrogens is 1. The van der Waals surface area contributed by atoms with Crippen molar-refractivity contribution in [3.8, 4) is 11.5 Å². The van der Waals surface area contributed by atoms with E-state index in [4.69, 9.17) is 9.47 Å². The van der Waals surface area contributed by atoms with E-state index in [9.17, 15) is 14.7 Å². The zero-order valence-electron chi connectivity index (χ0n) is 17.9. The predicted octanol–water partition coefficient (Wildman–Crippen LogP) is 2.51. The van der Waals surface area contributed by atoms with Gasteiger partial charge in [0.15, 0.2) is 16.3 Å². The second kappa shape index (κ2) is 8.84. The highest BCUT2D eigenvalue weighted by Gasteiger charge is 2.33. The van der Waals surface area contributed by atoms with E-state index in [1.54, 1.807) is 24.3 Å². The van der Waals surface area contributed by atoms with Crippen molar-refractivity contribution in [3.05, 3.63) is 90.6 Å². The second-order valence-corrected chi connectivity index (χ2v) is 8.11. The third-order valence-electron chi connectivity index (χ3n) is 5.30. The third-order valence-corrected chi connectivity index (χ3v) is 6.29. The number of allylic oxidation sites excluding steroid dienone is 1. The van der Waals surface area contributed by atoms with Crippen molar-refractivity contribution in [3.63, 3.8) is 0 Å². The molecule has 8 heteroatoms. The number of para-hydroxylation sites is 1. The molecular formula is C24H22N2O5S. The quantitative estimate of drug-likeness (QED) is 0.604. The lowest BCUT2D eigenvalue weighted by atomic mass is 9.95. The normalized spacial score (nSPS) is 15.8. The summed E-state index contributed by atoms with van der Waals surface area (Å²) in [6.07, 6.45) is 2.12. The number of phenolic OH excluding ortho intramolecular Hbond substituents is 1. The lowest BCUT2D eigenvalue weighted by Crippen LogP contribution is -2.40. The van der Waals surface area contributed by atoms with Crippen molar-refractivity contribution < 1.29 is 19.4 Å². The molecule has 1 aliphatic heterocycles. The highest BCUT2D eigenvalue weighted by molar-refractivity contribution is 7.07. The molecule has 0 amide bonds. The summed E-state index contributed by atoms with van der Waals surface area (Å²) >= 11 is 1.21. The van der Waals surface area contributed by atoms with Crippen LogP contribution in [0.15, 0.2) is 69.6 Å². The highest BCUT2D eigenvalue weighted by atomic mass is 32.1. The van der Waals surface area contributed by atoms with Crippen LogP contribution in [0.1, 0.15) is 30.5 Å². The average Bonchev–Trinajstić information content (AvgIpc) is 3.13. The summed E-state index contributed by atoms with van der Waals surface area (Å²) in [7, 11) is 2.79. The van der Waals surface area contributed by atoms with E-state index in [-0.39, 0.29) is 11.3 Å². The van der Waals surface area contributed by atoms with Gasteiger partial charge in [-0.05, 0) is 24.1 Å². The van der Waals surface area contributed by atoms with Crippen LogP contribution in [-0.4, -0.2) is 29.9 Å². The molecule has 1 aromatic heterocycles. The van der Waals surface area contributed by atoms with Crippen LogP contribution in [0.2, 0.25) is 0 Å². The van der Waals surface area contributed by atoms with Gasteiger partial charge < -0.3 is 14.6 Å². The van der Waals surface area contributed by atoms with Gasteiger partial charge in [-0.2, -0.15) is 0 Å². The number of esters is 1. The zero-order chi connectivity index (χ0) is 22.8. The molecule has 3 aromatic rings. The Kier molecular flexibility index (Phi) is 5.96. The molecule has 0 radical (unpaired) electrons. The van der Waals surface area contributed by atoms with Crippen LogP contribution in [0, 0.1) is 0 Å². The number of carbonyl (C=O) groups excluding carboxylic acids is 1. The summed E-state index contributed by atoms with van der Waals surface area (Å²) in [5, 5.41) is 10.4. The fraction of sp³-hybridized carbons (Fsp3) is 0.208. The second-order valence-electron chi connectivity index (χ2n) is 7.10. The van der Waals surface area contributed by atoms with Crippen molar-refractivity contribution in [2.24, 2.45) is 4.99 Å². The first-order valence-electron chi connectivity index (χ1n) is 10.0. The minimum atomic E-state index is -0.657. The van der Waals surface area contributed by atoms with E-state index < -0.39 is 12.0 Å². The molecule has 0 aliphatic carbocycles. The monoisotopic (exact) mass is 450 g/mol. The fourth-order valence-corrected chi connectivity index (χ4v) is 4.79. The topological polar surface area (TPSA) is 90.1 Å². The van der Waals surface area contributed by atoms with Gasteiger partial charge in [0, 0.05) is 5.56 Å². The van der Waals surface area contributed by atoms with E-state index in [1.807, 2.05) is 37.3 Å². The number of benzene rings is 2. The lowest BCUT2D eigenvalue weighted by Gasteiger charge is -2.25. The number of phenols is 1. The van der Waals surface area contributed by atoms with Crippen LogP contribution in [0.25, 0.3) is 6.08 Å². The predicted molar refractivity (Wildman–Crippen MR) is 121 cm³/mol. The van der Waals surface area contributed by atoms with Gasteiger partial charge in [0.25, 0.3) is 5.56 Å². The molecule has 2 heterocycles. The van der Waals surface area contributed by atoms with Crippen LogP contribution >= 0.6 is 11.3 Å². The Morgan fingerprint density at radius 2 is 1.94 bits per heavy atom. The summed E-state index contributed by atoms with van der Waals surface area (Å²) < 4.78 is 12.1. The number of hydrogen-bond donors (Lipinski definition) is 1. The summed E-state index contributed by atoms with van der Waals surface area (Å²) in [6.45, 7) is 1.91. The number of thiazole rings is 1. The molecular weight excluding hydrogens is 428 g/mol. The van der Waals surface area contributed by atoms with Crippen molar-refractivity contribution in [1.29, 1.82) is 0 Å². The Hall–Kier alpha value is -3.65. The average molecular weight is 451 g/mol. The molecule has 0 spiro atoms. The van der Waals surface area contributed by atoms with Crippen molar-refractivity contribution in [1.82, 2.24) is 4.57 Å². The first-order chi connectivity index (χ1) is 15.5. The number of nitrogens with zero attached hydrogens (tertiary/aromatic N) is 2. The molecule has 0 bridgehead atoms. The van der Waals surface area contributed by atoms with E-state index in [0.29, 0.717) is 38.3 Å². The molecule has 1 aliphatic rings. The largest absolute Gasteiger partial charge is 0.504 e. The first kappa shape index (κ1) is 21.6. The third kappa shape index (κ3) is 3.62. The van der Waals surface area contributed by atoms with Crippen molar-refractivity contribution in [2.75, 3.05) is 14.2 Å². The highest BCUT2D eigenvalue weighted by Crippen LogP contribution is 2.32. The molecule has 32 heavy (non-hydrogen) atoms. The Labute approximate surface area is 188 Å². The molecule has 2 aromatic carbocycles. The van der Waals surface area contributed by atoms with Gasteiger partial charge in [-0.1, -0.05) is 60.7 Å². The van der Waals surface area contributed by atoms with Crippen molar-refractivity contribution in [2.45, 2.75) is 19.4 Å². The van der Waals surface area contributed by atoms with Crippen LogP contribution in [0.3, 0.4) is 0 Å². The van der Waals surface area contributed by atoms with Gasteiger partial charge in [-0.15, -0.1) is 0 Å². The minimum Gasteiger partial charge on any atom is -0.504 e. The van der Waals surface area contributed by atoms with Gasteiger partial charge in [-0.25, -0.2) is 9.79 Å². The molecule has 7 nitrogen and oxygen atoms in total. The number of carbonyl (C=O) groups is 1. The number of methoxy groups -OCH3 is 2. The number of aromatic hydroxyl groups is 1. The molecule has 0 saturated heterocycles. The zero-order valence-corrected chi connectivity index (χ0v) is 18.7. The number of hydrogen-bond acceptors (Lipinski definition) is 7. The SMILES string of the molecule is CCC1=C(C(=O)OC)[C@@H](c2ccccc2)n2c(s/c(=C/c3cccc(OC)c3O)c2=O)=N1. The summed E-state index contributed by atoms with van der Waals surface area (Å²) in [5.74, 6) is -0.251. The van der Waals surface area contributed by atoms with E-state index >= 15 is 0 Å². The Morgan fingerprint density at radius 1 is 1.19 bits per heavy atom. The number of rotatable bonds is 5. The maximum Gasteiger partial charge on any atom is 0.338 e. The number of ether oxygens (including phenoxy) is 2. The summed E-state index contributed by atoms with van der Waals surface area (Å²) in [4.78, 5) is 31.4.